The van der Waals surface area contributed by atoms with Crippen LogP contribution in [0, 0.1) is 0 Å². The molecule has 116 valence electrons. The lowest BCUT2D eigenvalue weighted by molar-refractivity contribution is -0.137. The summed E-state index contributed by atoms with van der Waals surface area (Å²) in [5.74, 6) is 0.287. The third kappa shape index (κ3) is 3.40. The van der Waals surface area contributed by atoms with Crippen LogP contribution in [0.4, 0.5) is 18.0 Å². The molecule has 21 heavy (non-hydrogen) atoms. The Morgan fingerprint density at radius 2 is 1.95 bits per heavy atom. The second-order valence-electron chi connectivity index (χ2n) is 5.00. The van der Waals surface area contributed by atoms with Crippen LogP contribution in [-0.4, -0.2) is 36.3 Å². The first-order valence-electron chi connectivity index (χ1n) is 6.56. The monoisotopic (exact) mass is 303 g/mol. The van der Waals surface area contributed by atoms with E-state index in [-0.39, 0.29) is 5.92 Å². The van der Waals surface area contributed by atoms with Gasteiger partial charge in [0.25, 0.3) is 0 Å². The van der Waals surface area contributed by atoms with Crippen molar-refractivity contribution in [3.05, 3.63) is 29.3 Å². The van der Waals surface area contributed by atoms with E-state index in [1.807, 2.05) is 0 Å². The third-order valence-corrected chi connectivity index (χ3v) is 3.76. The maximum atomic E-state index is 12.8. The molecule has 7 heteroatoms. The Balaban J connectivity index is 2.24. The molecule has 0 unspecified atom stereocenters. The average Bonchev–Trinajstić information content (AvgIpc) is 2.45. The zero-order chi connectivity index (χ0) is 15.6. The van der Waals surface area contributed by atoms with Gasteiger partial charge in [-0.15, -0.1) is 0 Å². The number of benzene rings is 1. The molecule has 1 N–H and O–H groups in total. The number of likely N-dealkylation sites (tertiary alicyclic amines) is 1. The Morgan fingerprint density at radius 3 is 2.43 bits per heavy atom. The van der Waals surface area contributed by atoms with Crippen molar-refractivity contribution in [2.75, 3.05) is 20.2 Å². The lowest BCUT2D eigenvalue weighted by Crippen LogP contribution is -2.36. The molecule has 0 saturated carbocycles. The number of rotatable bonds is 2. The normalized spacial score (nSPS) is 16.9. The Kier molecular flexibility index (Phi) is 4.29. The molecule has 1 aromatic carbocycles. The molecule has 0 atom stereocenters. The second-order valence-corrected chi connectivity index (χ2v) is 5.00. The maximum absolute atomic E-state index is 12.8. The van der Waals surface area contributed by atoms with Gasteiger partial charge in [0.15, 0.2) is 0 Å². The maximum Gasteiger partial charge on any atom is 0.416 e. The van der Waals surface area contributed by atoms with Crippen molar-refractivity contribution in [3.63, 3.8) is 0 Å². The fraction of sp³-hybridized carbons (Fsp3) is 0.500. The van der Waals surface area contributed by atoms with E-state index in [0.717, 1.165) is 12.1 Å². The van der Waals surface area contributed by atoms with E-state index in [0.29, 0.717) is 37.2 Å². The van der Waals surface area contributed by atoms with Crippen LogP contribution in [-0.2, 0) is 6.18 Å². The largest absolute Gasteiger partial charge is 0.496 e. The van der Waals surface area contributed by atoms with Gasteiger partial charge in [-0.25, -0.2) is 4.79 Å². The number of piperidine rings is 1. The Labute approximate surface area is 120 Å². The minimum absolute atomic E-state index is 0.127. The molecule has 1 heterocycles. The second kappa shape index (κ2) is 5.83. The fourth-order valence-electron chi connectivity index (χ4n) is 2.61. The molecular weight excluding hydrogens is 287 g/mol. The van der Waals surface area contributed by atoms with Crippen LogP contribution >= 0.6 is 0 Å². The van der Waals surface area contributed by atoms with Crippen molar-refractivity contribution in [3.8, 4) is 5.75 Å². The number of hydrogen-bond acceptors (Lipinski definition) is 2. The van der Waals surface area contributed by atoms with Gasteiger partial charge in [-0.3, -0.25) is 0 Å². The van der Waals surface area contributed by atoms with Crippen LogP contribution < -0.4 is 4.74 Å². The molecule has 0 bridgehead atoms. The van der Waals surface area contributed by atoms with Crippen LogP contribution in [0.15, 0.2) is 18.2 Å². The smallest absolute Gasteiger partial charge is 0.416 e. The number of ether oxygens (including phenoxy) is 1. The number of alkyl halides is 3. The van der Waals surface area contributed by atoms with E-state index in [9.17, 15) is 18.0 Å². The van der Waals surface area contributed by atoms with Crippen molar-refractivity contribution in [2.24, 2.45) is 0 Å². The molecule has 2 rings (SSSR count). The fourth-order valence-corrected chi connectivity index (χ4v) is 2.61. The molecule has 0 radical (unpaired) electrons. The molecule has 1 aliphatic rings. The highest BCUT2D eigenvalue weighted by Gasteiger charge is 2.33. The summed E-state index contributed by atoms with van der Waals surface area (Å²) in [6.45, 7) is 0.638. The van der Waals surface area contributed by atoms with Gasteiger partial charge in [0.1, 0.15) is 5.75 Å². The Morgan fingerprint density at radius 1 is 1.33 bits per heavy atom. The van der Waals surface area contributed by atoms with E-state index in [2.05, 4.69) is 0 Å². The van der Waals surface area contributed by atoms with E-state index >= 15 is 0 Å². The SMILES string of the molecule is COc1ccc(C(F)(F)F)cc1C1CCN(C(=O)O)CC1. The molecule has 1 aromatic rings. The standard InChI is InChI=1S/C14H16F3NO3/c1-21-12-3-2-10(14(15,16)17)8-11(12)9-4-6-18(7-5-9)13(19)20/h2-3,8-9H,4-7H2,1H3,(H,19,20). The number of halogens is 3. The van der Waals surface area contributed by atoms with Gasteiger partial charge in [-0.1, -0.05) is 0 Å². The minimum Gasteiger partial charge on any atom is -0.496 e. The van der Waals surface area contributed by atoms with Crippen LogP contribution in [0.5, 0.6) is 5.75 Å². The van der Waals surface area contributed by atoms with Crippen molar-refractivity contribution >= 4 is 6.09 Å². The first-order chi connectivity index (χ1) is 9.82. The summed E-state index contributed by atoms with van der Waals surface area (Å²) in [5, 5.41) is 8.90. The van der Waals surface area contributed by atoms with Crippen LogP contribution in [0.3, 0.4) is 0 Å². The van der Waals surface area contributed by atoms with E-state index in [4.69, 9.17) is 9.84 Å². The third-order valence-electron chi connectivity index (χ3n) is 3.76. The first-order valence-corrected chi connectivity index (χ1v) is 6.56. The van der Waals surface area contributed by atoms with E-state index in [1.165, 1.54) is 18.1 Å². The van der Waals surface area contributed by atoms with E-state index < -0.39 is 17.8 Å². The highest BCUT2D eigenvalue weighted by atomic mass is 19.4. The number of carbonyl (C=O) groups is 1. The number of amides is 1. The lowest BCUT2D eigenvalue weighted by Gasteiger charge is -2.31. The molecule has 4 nitrogen and oxygen atoms in total. The highest BCUT2D eigenvalue weighted by Crippen LogP contribution is 2.38. The van der Waals surface area contributed by atoms with Gasteiger partial charge < -0.3 is 14.7 Å². The van der Waals surface area contributed by atoms with Crippen LogP contribution in [0.1, 0.15) is 29.9 Å². The summed E-state index contributed by atoms with van der Waals surface area (Å²) in [6.07, 6.45) is -4.42. The molecule has 1 aliphatic heterocycles. The summed E-state index contributed by atoms with van der Waals surface area (Å²) in [7, 11) is 1.42. The summed E-state index contributed by atoms with van der Waals surface area (Å²) < 4.78 is 43.6. The number of methoxy groups -OCH3 is 1. The topological polar surface area (TPSA) is 49.8 Å². The van der Waals surface area contributed by atoms with Crippen molar-refractivity contribution in [2.45, 2.75) is 24.9 Å². The van der Waals surface area contributed by atoms with Crippen molar-refractivity contribution in [1.82, 2.24) is 4.90 Å². The predicted molar refractivity (Wildman–Crippen MR) is 69.6 cm³/mol. The summed E-state index contributed by atoms with van der Waals surface area (Å²) in [4.78, 5) is 12.1. The number of hydrogen-bond donors (Lipinski definition) is 1. The number of nitrogens with zero attached hydrogens (tertiary/aromatic N) is 1. The predicted octanol–water partition coefficient (Wildman–Crippen LogP) is 3.57. The quantitative estimate of drug-likeness (QED) is 0.908. The van der Waals surface area contributed by atoms with E-state index in [1.54, 1.807) is 0 Å². The summed E-state index contributed by atoms with van der Waals surface area (Å²) >= 11 is 0. The molecule has 1 saturated heterocycles. The zero-order valence-corrected chi connectivity index (χ0v) is 11.5. The van der Waals surface area contributed by atoms with Gasteiger partial charge in [-0.05, 0) is 42.5 Å². The molecular formula is C14H16F3NO3. The molecule has 0 aliphatic carbocycles. The molecule has 1 amide bonds. The summed E-state index contributed by atoms with van der Waals surface area (Å²) in [5.41, 5.74) is -0.212. The summed E-state index contributed by atoms with van der Waals surface area (Å²) in [6, 6.07) is 3.43. The Bertz CT molecular complexity index is 523. The minimum atomic E-state index is -4.40. The van der Waals surface area contributed by atoms with Gasteiger partial charge in [0, 0.05) is 13.1 Å². The molecule has 0 spiro atoms. The van der Waals surface area contributed by atoms with Crippen LogP contribution in [0.25, 0.3) is 0 Å². The van der Waals surface area contributed by atoms with Crippen molar-refractivity contribution < 1.29 is 27.8 Å². The highest BCUT2D eigenvalue weighted by molar-refractivity contribution is 5.65. The molecule has 0 aromatic heterocycles. The van der Waals surface area contributed by atoms with Crippen LogP contribution in [0.2, 0.25) is 0 Å². The van der Waals surface area contributed by atoms with Gasteiger partial charge in [0.05, 0.1) is 12.7 Å². The van der Waals surface area contributed by atoms with Gasteiger partial charge in [0.2, 0.25) is 0 Å². The van der Waals surface area contributed by atoms with Crippen molar-refractivity contribution in [1.29, 1.82) is 0 Å². The average molecular weight is 303 g/mol. The lowest BCUT2D eigenvalue weighted by atomic mass is 9.88. The number of carboxylic acid groups (broad SMARTS) is 1. The first kappa shape index (κ1) is 15.5. The molecule has 1 fully saturated rings. The zero-order valence-electron chi connectivity index (χ0n) is 11.5. The Hall–Kier alpha value is -1.92. The van der Waals surface area contributed by atoms with Gasteiger partial charge >= 0.3 is 12.3 Å². The van der Waals surface area contributed by atoms with Gasteiger partial charge in [-0.2, -0.15) is 13.2 Å².